The maximum Gasteiger partial charge on any atom is 0.0587 e. The van der Waals surface area contributed by atoms with Crippen LogP contribution in [0.3, 0.4) is 0 Å². The molecular weight excluding hydrogens is 214 g/mol. The average Bonchev–Trinajstić information content (AvgIpc) is 2.71. The summed E-state index contributed by atoms with van der Waals surface area (Å²) in [6.45, 7) is 9.23. The average molecular weight is 239 g/mol. The lowest BCUT2D eigenvalue weighted by atomic mass is 10.1. The molecule has 0 fully saturated rings. The van der Waals surface area contributed by atoms with Crippen LogP contribution in [0.4, 0.5) is 0 Å². The van der Waals surface area contributed by atoms with Crippen LogP contribution < -0.4 is 5.32 Å². The molecule has 4 heteroatoms. The molecule has 0 spiro atoms. The molecule has 1 rings (SSSR count). The monoisotopic (exact) mass is 239 g/mol. The first-order valence-corrected chi connectivity index (χ1v) is 6.27. The first-order valence-electron chi connectivity index (χ1n) is 6.27. The van der Waals surface area contributed by atoms with E-state index >= 15 is 0 Å². The summed E-state index contributed by atoms with van der Waals surface area (Å²) in [5, 5.41) is 7.73. The zero-order chi connectivity index (χ0) is 12.7. The van der Waals surface area contributed by atoms with E-state index < -0.39 is 0 Å². The number of nitrogens with zero attached hydrogens (tertiary/aromatic N) is 2. The second-order valence-corrected chi connectivity index (χ2v) is 5.31. The maximum absolute atomic E-state index is 4.97. The number of aromatic nitrogens is 2. The van der Waals surface area contributed by atoms with E-state index in [1.165, 1.54) is 5.56 Å². The Morgan fingerprint density at radius 2 is 2.12 bits per heavy atom. The highest BCUT2D eigenvalue weighted by Gasteiger charge is 2.13. The molecule has 1 heterocycles. The summed E-state index contributed by atoms with van der Waals surface area (Å²) in [6, 6.07) is 0. The van der Waals surface area contributed by atoms with E-state index in [4.69, 9.17) is 4.74 Å². The van der Waals surface area contributed by atoms with Crippen molar-refractivity contribution in [2.75, 3.05) is 26.8 Å². The van der Waals surface area contributed by atoms with Gasteiger partial charge in [0.2, 0.25) is 0 Å². The van der Waals surface area contributed by atoms with Crippen molar-refractivity contribution >= 4 is 0 Å². The lowest BCUT2D eigenvalue weighted by molar-refractivity contribution is 0.199. The Morgan fingerprint density at radius 3 is 2.71 bits per heavy atom. The summed E-state index contributed by atoms with van der Waals surface area (Å²) in [5.74, 6) is 0. The maximum atomic E-state index is 4.97. The molecule has 0 aliphatic carbocycles. The van der Waals surface area contributed by atoms with Gasteiger partial charge in [0, 0.05) is 19.9 Å². The van der Waals surface area contributed by atoms with Crippen LogP contribution in [0.1, 0.15) is 32.8 Å². The molecule has 0 aliphatic heterocycles. The summed E-state index contributed by atoms with van der Waals surface area (Å²) in [4.78, 5) is 0. The fourth-order valence-electron chi connectivity index (χ4n) is 1.57. The summed E-state index contributed by atoms with van der Waals surface area (Å²) >= 11 is 0. The van der Waals surface area contributed by atoms with E-state index in [2.05, 4.69) is 37.4 Å². The highest BCUT2D eigenvalue weighted by Crippen LogP contribution is 2.13. The van der Waals surface area contributed by atoms with Gasteiger partial charge in [0.1, 0.15) is 0 Å². The van der Waals surface area contributed by atoms with E-state index in [1.807, 2.05) is 10.9 Å². The summed E-state index contributed by atoms with van der Waals surface area (Å²) in [6.07, 6.45) is 6.34. The summed E-state index contributed by atoms with van der Waals surface area (Å²) < 4.78 is 7.00. The van der Waals surface area contributed by atoms with Gasteiger partial charge in [-0.1, -0.05) is 0 Å². The molecule has 0 aliphatic rings. The Balaban J connectivity index is 2.21. The van der Waals surface area contributed by atoms with E-state index in [0.717, 1.165) is 32.5 Å². The van der Waals surface area contributed by atoms with Crippen molar-refractivity contribution in [2.45, 2.75) is 39.2 Å². The van der Waals surface area contributed by atoms with Crippen LogP contribution in [0.2, 0.25) is 0 Å². The van der Waals surface area contributed by atoms with Crippen molar-refractivity contribution in [2.24, 2.45) is 0 Å². The molecule has 0 bridgehead atoms. The molecule has 0 unspecified atom stereocenters. The molecular formula is C13H25N3O. The number of methoxy groups -OCH3 is 1. The minimum absolute atomic E-state index is 0.0783. The van der Waals surface area contributed by atoms with Crippen LogP contribution in [0.5, 0.6) is 0 Å². The van der Waals surface area contributed by atoms with Gasteiger partial charge in [-0.3, -0.25) is 4.68 Å². The van der Waals surface area contributed by atoms with Gasteiger partial charge in [-0.05, 0) is 45.7 Å². The predicted octanol–water partition coefficient (Wildman–Crippen LogP) is 1.81. The zero-order valence-electron chi connectivity index (χ0n) is 11.5. The highest BCUT2D eigenvalue weighted by atomic mass is 16.5. The number of ether oxygens (including phenoxy) is 1. The van der Waals surface area contributed by atoms with Crippen LogP contribution in [-0.2, 0) is 16.7 Å². The van der Waals surface area contributed by atoms with Gasteiger partial charge in [-0.25, -0.2) is 0 Å². The Kier molecular flexibility index (Phi) is 5.65. The zero-order valence-corrected chi connectivity index (χ0v) is 11.5. The second kappa shape index (κ2) is 6.77. The first-order chi connectivity index (χ1) is 8.04. The van der Waals surface area contributed by atoms with Crippen molar-refractivity contribution < 1.29 is 4.74 Å². The van der Waals surface area contributed by atoms with E-state index in [9.17, 15) is 0 Å². The minimum atomic E-state index is 0.0783. The molecule has 0 aromatic carbocycles. The second-order valence-electron chi connectivity index (χ2n) is 5.31. The molecule has 0 atom stereocenters. The SMILES string of the molecule is COCCNCCCc1cnn(C(C)(C)C)c1. The van der Waals surface area contributed by atoms with Gasteiger partial charge in [0.25, 0.3) is 0 Å². The Bertz CT molecular complexity index is 315. The minimum Gasteiger partial charge on any atom is -0.383 e. The van der Waals surface area contributed by atoms with Crippen molar-refractivity contribution in [1.82, 2.24) is 15.1 Å². The van der Waals surface area contributed by atoms with Gasteiger partial charge >= 0.3 is 0 Å². The lowest BCUT2D eigenvalue weighted by Gasteiger charge is -2.18. The van der Waals surface area contributed by atoms with E-state index in [0.29, 0.717) is 0 Å². The largest absolute Gasteiger partial charge is 0.383 e. The molecule has 1 N–H and O–H groups in total. The normalized spacial score (nSPS) is 12.0. The molecule has 0 amide bonds. The van der Waals surface area contributed by atoms with Gasteiger partial charge in [0.15, 0.2) is 0 Å². The first kappa shape index (κ1) is 14.2. The molecule has 1 aromatic heterocycles. The predicted molar refractivity (Wildman–Crippen MR) is 70.3 cm³/mol. The number of nitrogens with one attached hydrogen (secondary N) is 1. The Labute approximate surface area is 104 Å². The van der Waals surface area contributed by atoms with E-state index in [-0.39, 0.29) is 5.54 Å². The molecule has 1 aromatic rings. The van der Waals surface area contributed by atoms with Crippen LogP contribution in [-0.4, -0.2) is 36.6 Å². The summed E-state index contributed by atoms with van der Waals surface area (Å²) in [5.41, 5.74) is 1.39. The molecule has 0 radical (unpaired) electrons. The van der Waals surface area contributed by atoms with Gasteiger partial charge in [-0.15, -0.1) is 0 Å². The van der Waals surface area contributed by atoms with Crippen molar-refractivity contribution in [3.8, 4) is 0 Å². The van der Waals surface area contributed by atoms with Crippen LogP contribution >= 0.6 is 0 Å². The third-order valence-electron chi connectivity index (χ3n) is 2.63. The molecule has 98 valence electrons. The van der Waals surface area contributed by atoms with Gasteiger partial charge < -0.3 is 10.1 Å². The van der Waals surface area contributed by atoms with Crippen LogP contribution in [0.15, 0.2) is 12.4 Å². The summed E-state index contributed by atoms with van der Waals surface area (Å²) in [7, 11) is 1.72. The van der Waals surface area contributed by atoms with Crippen molar-refractivity contribution in [1.29, 1.82) is 0 Å². The molecule has 17 heavy (non-hydrogen) atoms. The number of hydrogen-bond acceptors (Lipinski definition) is 3. The van der Waals surface area contributed by atoms with Crippen molar-refractivity contribution in [3.63, 3.8) is 0 Å². The number of rotatable bonds is 7. The fraction of sp³-hybridized carbons (Fsp3) is 0.769. The van der Waals surface area contributed by atoms with E-state index in [1.54, 1.807) is 7.11 Å². The van der Waals surface area contributed by atoms with Crippen LogP contribution in [0.25, 0.3) is 0 Å². The quantitative estimate of drug-likeness (QED) is 0.738. The number of aryl methyl sites for hydroxylation is 1. The molecule has 0 saturated carbocycles. The van der Waals surface area contributed by atoms with Crippen LogP contribution in [0, 0.1) is 0 Å². The fourth-order valence-corrected chi connectivity index (χ4v) is 1.57. The molecule has 4 nitrogen and oxygen atoms in total. The van der Waals surface area contributed by atoms with Crippen molar-refractivity contribution in [3.05, 3.63) is 18.0 Å². The third kappa shape index (κ3) is 5.33. The topological polar surface area (TPSA) is 39.1 Å². The number of hydrogen-bond donors (Lipinski definition) is 1. The molecule has 0 saturated heterocycles. The third-order valence-corrected chi connectivity index (χ3v) is 2.63. The Hall–Kier alpha value is -0.870. The van der Waals surface area contributed by atoms with Gasteiger partial charge in [0.05, 0.1) is 18.3 Å². The van der Waals surface area contributed by atoms with Gasteiger partial charge in [-0.2, -0.15) is 5.10 Å². The Morgan fingerprint density at radius 1 is 1.35 bits per heavy atom. The lowest BCUT2D eigenvalue weighted by Crippen LogP contribution is -2.22. The standard InChI is InChI=1S/C13H25N3O/c1-13(2,3)16-11-12(10-15-16)6-5-7-14-8-9-17-4/h10-11,14H,5-9H2,1-4H3. The smallest absolute Gasteiger partial charge is 0.0587 e. The highest BCUT2D eigenvalue weighted by molar-refractivity contribution is 5.05.